The van der Waals surface area contributed by atoms with Crippen LogP contribution in [-0.2, 0) is 9.53 Å². The molecule has 7 heteroatoms. The lowest BCUT2D eigenvalue weighted by atomic mass is 9.98. The Morgan fingerprint density at radius 1 is 1.65 bits per heavy atom. The van der Waals surface area contributed by atoms with Gasteiger partial charge in [0, 0.05) is 25.4 Å². The summed E-state index contributed by atoms with van der Waals surface area (Å²) in [5.41, 5.74) is -0.0305. The molecule has 1 aliphatic heterocycles. The molecule has 0 N–H and O–H groups in total. The van der Waals surface area contributed by atoms with Gasteiger partial charge < -0.3 is 9.64 Å². The molecule has 0 bridgehead atoms. The van der Waals surface area contributed by atoms with Gasteiger partial charge in [-0.15, -0.1) is 0 Å². The Labute approximate surface area is 116 Å². The highest BCUT2D eigenvalue weighted by atomic mass is 16.6. The van der Waals surface area contributed by atoms with Crippen LogP contribution in [0.4, 0.5) is 11.5 Å². The van der Waals surface area contributed by atoms with Crippen LogP contribution in [0.15, 0.2) is 18.3 Å². The molecule has 2 rings (SSSR count). The molecule has 1 atom stereocenters. The van der Waals surface area contributed by atoms with Crippen LogP contribution in [-0.4, -0.2) is 35.6 Å². The molecule has 1 saturated heterocycles. The van der Waals surface area contributed by atoms with Gasteiger partial charge >= 0.3 is 11.7 Å². The molecule has 1 aliphatic rings. The molecule has 1 aromatic heterocycles. The van der Waals surface area contributed by atoms with Crippen molar-refractivity contribution in [2.24, 2.45) is 5.92 Å². The van der Waals surface area contributed by atoms with Crippen LogP contribution in [0.3, 0.4) is 0 Å². The van der Waals surface area contributed by atoms with E-state index in [0.29, 0.717) is 25.5 Å². The Morgan fingerprint density at radius 2 is 2.45 bits per heavy atom. The zero-order valence-electron chi connectivity index (χ0n) is 11.3. The second kappa shape index (κ2) is 6.31. The number of piperidine rings is 1. The fraction of sp³-hybridized carbons (Fsp3) is 0.538. The van der Waals surface area contributed by atoms with E-state index in [1.54, 1.807) is 11.8 Å². The zero-order valence-corrected chi connectivity index (χ0v) is 11.3. The minimum absolute atomic E-state index is 0.0305. The molecule has 1 aromatic rings. The summed E-state index contributed by atoms with van der Waals surface area (Å²) in [6, 6.07) is 2.96. The Kier molecular flexibility index (Phi) is 4.49. The third-order valence-corrected chi connectivity index (χ3v) is 3.30. The number of rotatable bonds is 4. The minimum atomic E-state index is -0.448. The first-order chi connectivity index (χ1) is 9.63. The molecule has 0 aromatic carbocycles. The summed E-state index contributed by atoms with van der Waals surface area (Å²) in [5, 5.41) is 11.0. The molecular weight excluding hydrogens is 262 g/mol. The number of pyridine rings is 1. The Balaban J connectivity index is 2.17. The van der Waals surface area contributed by atoms with Gasteiger partial charge in [-0.2, -0.15) is 0 Å². The molecule has 0 spiro atoms. The van der Waals surface area contributed by atoms with E-state index in [-0.39, 0.29) is 17.6 Å². The number of hydrogen-bond donors (Lipinski definition) is 0. The van der Waals surface area contributed by atoms with Crippen molar-refractivity contribution in [3.05, 3.63) is 28.4 Å². The van der Waals surface area contributed by atoms with E-state index >= 15 is 0 Å². The van der Waals surface area contributed by atoms with Gasteiger partial charge in [-0.3, -0.25) is 14.9 Å². The van der Waals surface area contributed by atoms with Gasteiger partial charge in [-0.25, -0.2) is 4.98 Å². The average Bonchev–Trinajstić information content (AvgIpc) is 2.47. The van der Waals surface area contributed by atoms with Crippen molar-refractivity contribution in [1.82, 2.24) is 4.98 Å². The van der Waals surface area contributed by atoms with Gasteiger partial charge in [0.25, 0.3) is 0 Å². The first kappa shape index (κ1) is 14.2. The lowest BCUT2D eigenvalue weighted by molar-refractivity contribution is -0.384. The molecule has 20 heavy (non-hydrogen) atoms. The van der Waals surface area contributed by atoms with Crippen molar-refractivity contribution in [3.8, 4) is 0 Å². The molecule has 1 fully saturated rings. The number of carbonyl (C=O) groups is 1. The zero-order chi connectivity index (χ0) is 14.5. The summed E-state index contributed by atoms with van der Waals surface area (Å²) < 4.78 is 5.02. The summed E-state index contributed by atoms with van der Waals surface area (Å²) >= 11 is 0. The highest BCUT2D eigenvalue weighted by molar-refractivity contribution is 5.74. The number of carbonyl (C=O) groups excluding carboxylic acids is 1. The van der Waals surface area contributed by atoms with Crippen LogP contribution in [0.2, 0.25) is 0 Å². The monoisotopic (exact) mass is 279 g/mol. The van der Waals surface area contributed by atoms with Crippen molar-refractivity contribution in [2.45, 2.75) is 19.8 Å². The fourth-order valence-electron chi connectivity index (χ4n) is 2.40. The number of ether oxygens (including phenoxy) is 1. The lowest BCUT2D eigenvalue weighted by Gasteiger charge is -2.31. The summed E-state index contributed by atoms with van der Waals surface area (Å²) in [5.74, 6) is -0.160. The van der Waals surface area contributed by atoms with Crippen LogP contribution >= 0.6 is 0 Å². The number of aromatic nitrogens is 1. The van der Waals surface area contributed by atoms with E-state index in [9.17, 15) is 14.9 Å². The number of hydrogen-bond acceptors (Lipinski definition) is 6. The molecular formula is C13H17N3O4. The van der Waals surface area contributed by atoms with Crippen LogP contribution in [0.1, 0.15) is 19.8 Å². The first-order valence-electron chi connectivity index (χ1n) is 6.64. The summed E-state index contributed by atoms with van der Waals surface area (Å²) in [6.07, 6.45) is 3.06. The van der Waals surface area contributed by atoms with Gasteiger partial charge in [0.15, 0.2) is 0 Å². The molecule has 0 aliphatic carbocycles. The van der Waals surface area contributed by atoms with Crippen molar-refractivity contribution < 1.29 is 14.5 Å². The quantitative estimate of drug-likeness (QED) is 0.474. The number of nitro groups is 1. The third-order valence-electron chi connectivity index (χ3n) is 3.30. The SMILES string of the molecule is CCOC(=O)C1CCCN(c2ncccc2[N+](=O)[O-])C1. The largest absolute Gasteiger partial charge is 0.466 e. The van der Waals surface area contributed by atoms with E-state index in [0.717, 1.165) is 12.8 Å². The Bertz CT molecular complexity index is 506. The molecule has 1 unspecified atom stereocenters. The van der Waals surface area contributed by atoms with Gasteiger partial charge in [-0.05, 0) is 25.8 Å². The normalized spacial score (nSPS) is 18.6. The van der Waals surface area contributed by atoms with Gasteiger partial charge in [0.2, 0.25) is 5.82 Å². The second-order valence-corrected chi connectivity index (χ2v) is 4.64. The number of esters is 1. The molecule has 2 heterocycles. The van der Waals surface area contributed by atoms with Gasteiger partial charge in [-0.1, -0.05) is 0 Å². The fourth-order valence-corrected chi connectivity index (χ4v) is 2.40. The Morgan fingerprint density at radius 3 is 3.15 bits per heavy atom. The van der Waals surface area contributed by atoms with Crippen LogP contribution in [0, 0.1) is 16.0 Å². The van der Waals surface area contributed by atoms with E-state index in [4.69, 9.17) is 4.74 Å². The maximum absolute atomic E-state index is 11.8. The smallest absolute Gasteiger partial charge is 0.311 e. The lowest BCUT2D eigenvalue weighted by Crippen LogP contribution is -2.40. The first-order valence-corrected chi connectivity index (χ1v) is 6.64. The second-order valence-electron chi connectivity index (χ2n) is 4.64. The predicted molar refractivity (Wildman–Crippen MR) is 72.5 cm³/mol. The van der Waals surface area contributed by atoms with Crippen molar-refractivity contribution in [1.29, 1.82) is 0 Å². The van der Waals surface area contributed by atoms with Gasteiger partial charge in [0.05, 0.1) is 17.4 Å². The standard InChI is InChI=1S/C13H17N3O4/c1-2-20-13(17)10-5-4-8-15(9-10)12-11(16(18)19)6-3-7-14-12/h3,6-7,10H,2,4-5,8-9H2,1H3. The maximum Gasteiger partial charge on any atom is 0.311 e. The topological polar surface area (TPSA) is 85.6 Å². The molecule has 0 amide bonds. The molecule has 108 valence electrons. The highest BCUT2D eigenvalue weighted by Crippen LogP contribution is 2.29. The average molecular weight is 279 g/mol. The summed E-state index contributed by atoms with van der Waals surface area (Å²) in [4.78, 5) is 28.3. The van der Waals surface area contributed by atoms with Gasteiger partial charge in [0.1, 0.15) is 0 Å². The third kappa shape index (κ3) is 3.04. The molecule has 7 nitrogen and oxygen atoms in total. The van der Waals surface area contributed by atoms with Crippen LogP contribution < -0.4 is 4.90 Å². The van der Waals surface area contributed by atoms with Crippen molar-refractivity contribution in [3.63, 3.8) is 0 Å². The maximum atomic E-state index is 11.8. The molecule has 0 radical (unpaired) electrons. The van der Waals surface area contributed by atoms with Crippen molar-refractivity contribution >= 4 is 17.5 Å². The predicted octanol–water partition coefficient (Wildman–Crippen LogP) is 1.77. The van der Waals surface area contributed by atoms with E-state index in [1.807, 2.05) is 0 Å². The van der Waals surface area contributed by atoms with E-state index in [1.165, 1.54) is 18.3 Å². The highest BCUT2D eigenvalue weighted by Gasteiger charge is 2.30. The molecule has 0 saturated carbocycles. The number of nitrogens with zero attached hydrogens (tertiary/aromatic N) is 3. The van der Waals surface area contributed by atoms with Crippen LogP contribution in [0.5, 0.6) is 0 Å². The summed E-state index contributed by atoms with van der Waals surface area (Å²) in [7, 11) is 0. The van der Waals surface area contributed by atoms with E-state index < -0.39 is 4.92 Å². The minimum Gasteiger partial charge on any atom is -0.466 e. The Hall–Kier alpha value is -2.18. The van der Waals surface area contributed by atoms with Crippen LogP contribution in [0.25, 0.3) is 0 Å². The summed E-state index contributed by atoms with van der Waals surface area (Å²) in [6.45, 7) is 3.19. The number of anilines is 1. The van der Waals surface area contributed by atoms with Crippen molar-refractivity contribution in [2.75, 3.05) is 24.6 Å². The van der Waals surface area contributed by atoms with E-state index in [2.05, 4.69) is 4.98 Å².